The van der Waals surface area contributed by atoms with Gasteiger partial charge in [-0.1, -0.05) is 11.6 Å². The maximum Gasteiger partial charge on any atom is 0.148 e. The molecular formula is C12H7BrClF2N3. The molecule has 7 heteroatoms. The van der Waals surface area contributed by atoms with Crippen LogP contribution in [0.1, 0.15) is 5.56 Å². The monoisotopic (exact) mass is 345 g/mol. The van der Waals surface area contributed by atoms with Crippen LogP contribution in [0.15, 0.2) is 22.9 Å². The summed E-state index contributed by atoms with van der Waals surface area (Å²) in [4.78, 5) is 9.59. The standard InChI is InChI=1S/C12H7BrClF2N3/c13-7-3-9(16)10(4-8(7)15)19-2-1-6-11(14)17-5-18-12(6)19/h3-5H,1-2H2. The van der Waals surface area contributed by atoms with E-state index < -0.39 is 11.6 Å². The zero-order valence-corrected chi connectivity index (χ0v) is 11.8. The van der Waals surface area contributed by atoms with Crippen LogP contribution in [0, 0.1) is 11.6 Å². The summed E-state index contributed by atoms with van der Waals surface area (Å²) in [5.41, 5.74) is 0.904. The van der Waals surface area contributed by atoms with Crippen molar-refractivity contribution in [3.8, 4) is 0 Å². The first-order valence-corrected chi connectivity index (χ1v) is 6.66. The minimum atomic E-state index is -0.523. The third-order valence-electron chi connectivity index (χ3n) is 2.99. The van der Waals surface area contributed by atoms with Crippen molar-refractivity contribution >= 4 is 39.0 Å². The highest BCUT2D eigenvalue weighted by atomic mass is 79.9. The summed E-state index contributed by atoms with van der Waals surface area (Å²) in [5.74, 6) is -0.513. The largest absolute Gasteiger partial charge is 0.323 e. The fraction of sp³-hybridized carbons (Fsp3) is 0.167. The molecule has 98 valence electrons. The number of nitrogens with zero attached hydrogens (tertiary/aromatic N) is 3. The predicted octanol–water partition coefficient (Wildman–Crippen LogP) is 3.86. The number of hydrogen-bond acceptors (Lipinski definition) is 3. The topological polar surface area (TPSA) is 29.0 Å². The molecule has 0 radical (unpaired) electrons. The van der Waals surface area contributed by atoms with Crippen LogP contribution in [0.2, 0.25) is 5.15 Å². The Hall–Kier alpha value is -1.27. The molecule has 2 aromatic rings. The molecule has 2 heterocycles. The van der Waals surface area contributed by atoms with E-state index in [4.69, 9.17) is 11.6 Å². The summed E-state index contributed by atoms with van der Waals surface area (Å²) in [5, 5.41) is 0.352. The summed E-state index contributed by atoms with van der Waals surface area (Å²) in [6, 6.07) is 2.25. The van der Waals surface area contributed by atoms with Gasteiger partial charge in [0, 0.05) is 18.2 Å². The number of anilines is 2. The van der Waals surface area contributed by atoms with E-state index in [1.165, 1.54) is 6.33 Å². The van der Waals surface area contributed by atoms with Gasteiger partial charge < -0.3 is 4.90 Å². The number of aromatic nitrogens is 2. The van der Waals surface area contributed by atoms with Crippen LogP contribution >= 0.6 is 27.5 Å². The molecule has 0 saturated heterocycles. The fourth-order valence-corrected chi connectivity index (χ4v) is 2.65. The van der Waals surface area contributed by atoms with Crippen LogP contribution in [0.4, 0.5) is 20.3 Å². The Morgan fingerprint density at radius 3 is 2.79 bits per heavy atom. The zero-order valence-electron chi connectivity index (χ0n) is 9.50. The van der Waals surface area contributed by atoms with Crippen molar-refractivity contribution in [2.45, 2.75) is 6.42 Å². The maximum atomic E-state index is 14.0. The highest BCUT2D eigenvalue weighted by Crippen LogP contribution is 2.37. The third kappa shape index (κ3) is 2.08. The number of halogens is 4. The molecule has 0 amide bonds. The maximum absolute atomic E-state index is 14.0. The van der Waals surface area contributed by atoms with Gasteiger partial charge in [0.05, 0.1) is 10.2 Å². The van der Waals surface area contributed by atoms with E-state index in [1.54, 1.807) is 4.90 Å². The lowest BCUT2D eigenvalue weighted by atomic mass is 10.2. The van der Waals surface area contributed by atoms with Crippen LogP contribution in [0.3, 0.4) is 0 Å². The average Bonchev–Trinajstić information content (AvgIpc) is 2.79. The molecule has 19 heavy (non-hydrogen) atoms. The number of benzene rings is 1. The third-order valence-corrected chi connectivity index (χ3v) is 3.93. The Morgan fingerprint density at radius 2 is 2.00 bits per heavy atom. The number of fused-ring (bicyclic) bond motifs is 1. The zero-order chi connectivity index (χ0) is 13.6. The van der Waals surface area contributed by atoms with Crippen LogP contribution in [0.5, 0.6) is 0 Å². The van der Waals surface area contributed by atoms with Gasteiger partial charge in [-0.3, -0.25) is 0 Å². The highest BCUT2D eigenvalue weighted by molar-refractivity contribution is 9.10. The summed E-state index contributed by atoms with van der Waals surface area (Å²) >= 11 is 8.92. The van der Waals surface area contributed by atoms with Gasteiger partial charge in [-0.25, -0.2) is 18.7 Å². The van der Waals surface area contributed by atoms with Crippen molar-refractivity contribution in [3.05, 3.63) is 45.3 Å². The molecule has 0 fully saturated rings. The van der Waals surface area contributed by atoms with Gasteiger partial charge in [-0.15, -0.1) is 0 Å². The van der Waals surface area contributed by atoms with Crippen LogP contribution < -0.4 is 4.90 Å². The van der Waals surface area contributed by atoms with Crippen LogP contribution in [-0.2, 0) is 6.42 Å². The van der Waals surface area contributed by atoms with E-state index in [0.717, 1.165) is 17.7 Å². The highest BCUT2D eigenvalue weighted by Gasteiger charge is 2.27. The van der Waals surface area contributed by atoms with Gasteiger partial charge >= 0.3 is 0 Å². The number of hydrogen-bond donors (Lipinski definition) is 0. The van der Waals surface area contributed by atoms with Crippen molar-refractivity contribution < 1.29 is 8.78 Å². The molecule has 0 atom stereocenters. The first kappa shape index (κ1) is 12.7. The molecule has 0 spiro atoms. The first-order valence-electron chi connectivity index (χ1n) is 5.49. The second kappa shape index (κ2) is 4.68. The van der Waals surface area contributed by atoms with E-state index >= 15 is 0 Å². The van der Waals surface area contributed by atoms with E-state index in [0.29, 0.717) is 23.9 Å². The summed E-state index contributed by atoms with van der Waals surface area (Å²) < 4.78 is 27.6. The quantitative estimate of drug-likeness (QED) is 0.580. The van der Waals surface area contributed by atoms with Gasteiger partial charge in [0.25, 0.3) is 0 Å². The molecule has 1 aromatic carbocycles. The smallest absolute Gasteiger partial charge is 0.148 e. The van der Waals surface area contributed by atoms with Crippen molar-refractivity contribution in [1.82, 2.24) is 9.97 Å². The molecule has 1 aliphatic rings. The molecule has 1 aliphatic heterocycles. The summed E-state index contributed by atoms with van der Waals surface area (Å²) in [7, 11) is 0. The Kier molecular flexibility index (Phi) is 3.14. The minimum Gasteiger partial charge on any atom is -0.323 e. The van der Waals surface area contributed by atoms with Gasteiger partial charge in [0.2, 0.25) is 0 Å². The first-order chi connectivity index (χ1) is 9.08. The van der Waals surface area contributed by atoms with E-state index in [-0.39, 0.29) is 10.2 Å². The lowest BCUT2D eigenvalue weighted by Gasteiger charge is -2.19. The molecule has 0 N–H and O–H groups in total. The minimum absolute atomic E-state index is 0.0916. The molecule has 3 rings (SSSR count). The van der Waals surface area contributed by atoms with Crippen molar-refractivity contribution in [2.75, 3.05) is 11.4 Å². The van der Waals surface area contributed by atoms with Crippen molar-refractivity contribution in [3.63, 3.8) is 0 Å². The van der Waals surface area contributed by atoms with Crippen LogP contribution in [-0.4, -0.2) is 16.5 Å². The van der Waals surface area contributed by atoms with Gasteiger partial charge in [0.1, 0.15) is 28.9 Å². The van der Waals surface area contributed by atoms with E-state index in [2.05, 4.69) is 25.9 Å². The number of rotatable bonds is 1. The molecule has 0 unspecified atom stereocenters. The lowest BCUT2D eigenvalue weighted by molar-refractivity contribution is 0.593. The molecule has 0 aliphatic carbocycles. The average molecular weight is 347 g/mol. The molecule has 1 aromatic heterocycles. The summed E-state index contributed by atoms with van der Waals surface area (Å²) in [6.45, 7) is 0.492. The fourth-order valence-electron chi connectivity index (χ4n) is 2.11. The predicted molar refractivity (Wildman–Crippen MR) is 71.8 cm³/mol. The SMILES string of the molecule is Fc1cc(N2CCc3c(Cl)ncnc32)c(F)cc1Br. The van der Waals surface area contributed by atoms with Crippen LogP contribution in [0.25, 0.3) is 0 Å². The molecule has 0 saturated carbocycles. The lowest BCUT2D eigenvalue weighted by Crippen LogP contribution is -2.16. The van der Waals surface area contributed by atoms with Gasteiger partial charge in [-0.2, -0.15) is 0 Å². The Morgan fingerprint density at radius 1 is 1.21 bits per heavy atom. The molecular weight excluding hydrogens is 340 g/mol. The molecule has 3 nitrogen and oxygen atoms in total. The van der Waals surface area contributed by atoms with Gasteiger partial charge in [0.15, 0.2) is 0 Å². The van der Waals surface area contributed by atoms with Gasteiger partial charge in [-0.05, 0) is 28.4 Å². The van der Waals surface area contributed by atoms with E-state index in [9.17, 15) is 8.78 Å². The van der Waals surface area contributed by atoms with Crippen molar-refractivity contribution in [1.29, 1.82) is 0 Å². The second-order valence-corrected chi connectivity index (χ2v) is 5.30. The van der Waals surface area contributed by atoms with Crippen molar-refractivity contribution in [2.24, 2.45) is 0 Å². The van der Waals surface area contributed by atoms with E-state index in [1.807, 2.05) is 0 Å². The summed E-state index contributed by atoms with van der Waals surface area (Å²) in [6.07, 6.45) is 1.92. The Bertz CT molecular complexity index is 666. The Labute approximate surface area is 121 Å². The Balaban J connectivity index is 2.12. The second-order valence-electron chi connectivity index (χ2n) is 4.09. The normalized spacial score (nSPS) is 13.8. The molecule has 0 bridgehead atoms.